The van der Waals surface area contributed by atoms with Crippen molar-refractivity contribution in [1.29, 1.82) is 0 Å². The van der Waals surface area contributed by atoms with Gasteiger partial charge in [-0.05, 0) is 6.92 Å². The van der Waals surface area contributed by atoms with E-state index in [2.05, 4.69) is 4.99 Å². The SMILES string of the molecule is CC1=C(Cl)C=NC(=O)C1=O. The monoisotopic (exact) mass is 157 g/mol. The van der Waals surface area contributed by atoms with Gasteiger partial charge in [-0.1, -0.05) is 11.6 Å². The predicted octanol–water partition coefficient (Wildman–Crippen LogP) is 0.679. The van der Waals surface area contributed by atoms with Crippen molar-refractivity contribution in [1.82, 2.24) is 0 Å². The number of hydrogen-bond acceptors (Lipinski definition) is 2. The molecule has 1 amide bonds. The largest absolute Gasteiger partial charge is 0.317 e. The summed E-state index contributed by atoms with van der Waals surface area (Å²) in [5.74, 6) is -1.37. The minimum absolute atomic E-state index is 0.240. The molecule has 0 N–H and O–H groups in total. The van der Waals surface area contributed by atoms with E-state index >= 15 is 0 Å². The fourth-order valence-electron chi connectivity index (χ4n) is 0.540. The third kappa shape index (κ3) is 0.998. The summed E-state index contributed by atoms with van der Waals surface area (Å²) in [6.45, 7) is 1.49. The maximum atomic E-state index is 10.7. The van der Waals surface area contributed by atoms with E-state index in [1.54, 1.807) is 0 Å². The summed E-state index contributed by atoms with van der Waals surface area (Å²) in [7, 11) is 0. The van der Waals surface area contributed by atoms with Crippen LogP contribution in [0, 0.1) is 0 Å². The Kier molecular flexibility index (Phi) is 1.68. The third-order valence-electron chi connectivity index (χ3n) is 1.19. The number of aliphatic imine (C=N–C) groups is 1. The van der Waals surface area contributed by atoms with Crippen LogP contribution < -0.4 is 0 Å². The van der Waals surface area contributed by atoms with Gasteiger partial charge >= 0.3 is 5.91 Å². The van der Waals surface area contributed by atoms with Gasteiger partial charge in [0.15, 0.2) is 0 Å². The normalized spacial score (nSPS) is 18.6. The highest BCUT2D eigenvalue weighted by atomic mass is 35.5. The minimum Gasteiger partial charge on any atom is -0.283 e. The molecule has 0 aromatic heterocycles. The molecular formula is C6H4ClNO2. The smallest absolute Gasteiger partial charge is 0.283 e. The van der Waals surface area contributed by atoms with Crippen molar-refractivity contribution < 1.29 is 9.59 Å². The molecule has 4 heteroatoms. The van der Waals surface area contributed by atoms with Crippen LogP contribution in [0.3, 0.4) is 0 Å². The molecule has 0 saturated heterocycles. The Labute approximate surface area is 62.4 Å². The molecule has 1 rings (SSSR count). The topological polar surface area (TPSA) is 46.5 Å². The number of carbonyl (C=O) groups is 2. The van der Waals surface area contributed by atoms with Crippen LogP contribution in [-0.2, 0) is 9.59 Å². The van der Waals surface area contributed by atoms with Crippen molar-refractivity contribution in [3.05, 3.63) is 10.6 Å². The molecule has 52 valence electrons. The first-order chi connectivity index (χ1) is 4.63. The first kappa shape index (κ1) is 7.15. The van der Waals surface area contributed by atoms with Gasteiger partial charge in [0.05, 0.1) is 11.2 Å². The van der Waals surface area contributed by atoms with Gasteiger partial charge in [0.25, 0.3) is 0 Å². The first-order valence-electron chi connectivity index (χ1n) is 2.62. The van der Waals surface area contributed by atoms with Gasteiger partial charge in [-0.2, -0.15) is 0 Å². The average Bonchev–Trinajstić information content (AvgIpc) is 1.93. The molecule has 3 nitrogen and oxygen atoms in total. The Balaban J connectivity index is 3.11. The van der Waals surface area contributed by atoms with E-state index in [1.807, 2.05) is 0 Å². The zero-order chi connectivity index (χ0) is 7.72. The number of dihydropyridines is 1. The van der Waals surface area contributed by atoms with Gasteiger partial charge < -0.3 is 0 Å². The van der Waals surface area contributed by atoms with Gasteiger partial charge in [0.1, 0.15) is 0 Å². The highest BCUT2D eigenvalue weighted by molar-refractivity contribution is 6.52. The van der Waals surface area contributed by atoms with Gasteiger partial charge in [0.2, 0.25) is 5.78 Å². The molecule has 1 aliphatic rings. The van der Waals surface area contributed by atoms with Crippen LogP contribution in [-0.4, -0.2) is 17.9 Å². The van der Waals surface area contributed by atoms with Crippen molar-refractivity contribution in [3.8, 4) is 0 Å². The van der Waals surface area contributed by atoms with Crippen molar-refractivity contribution in [2.24, 2.45) is 4.99 Å². The summed E-state index contributed by atoms with van der Waals surface area (Å²) in [5, 5.41) is 0.240. The number of allylic oxidation sites excluding steroid dienone is 1. The van der Waals surface area contributed by atoms with Gasteiger partial charge in [-0.15, -0.1) is 0 Å². The van der Waals surface area contributed by atoms with Crippen molar-refractivity contribution in [2.45, 2.75) is 6.92 Å². The van der Waals surface area contributed by atoms with E-state index in [-0.39, 0.29) is 10.6 Å². The van der Waals surface area contributed by atoms with Gasteiger partial charge in [-0.3, -0.25) is 9.59 Å². The Bertz CT molecular complexity index is 265. The molecule has 1 aliphatic heterocycles. The van der Waals surface area contributed by atoms with Crippen LogP contribution >= 0.6 is 11.6 Å². The summed E-state index contributed by atoms with van der Waals surface area (Å²) >= 11 is 5.48. The van der Waals surface area contributed by atoms with Crippen molar-refractivity contribution in [3.63, 3.8) is 0 Å². The number of rotatable bonds is 0. The molecule has 0 aliphatic carbocycles. The third-order valence-corrected chi connectivity index (χ3v) is 1.57. The van der Waals surface area contributed by atoms with Gasteiger partial charge in [-0.25, -0.2) is 4.99 Å². The quantitative estimate of drug-likeness (QED) is 0.486. The number of nitrogens with zero attached hydrogens (tertiary/aromatic N) is 1. The van der Waals surface area contributed by atoms with E-state index in [9.17, 15) is 9.59 Å². The summed E-state index contributed by atoms with van der Waals surface area (Å²) in [6, 6.07) is 0. The molecule has 0 spiro atoms. The Morgan fingerprint density at radius 1 is 1.50 bits per heavy atom. The Morgan fingerprint density at radius 2 is 2.10 bits per heavy atom. The number of hydrogen-bond donors (Lipinski definition) is 0. The zero-order valence-corrected chi connectivity index (χ0v) is 5.97. The Morgan fingerprint density at radius 3 is 2.60 bits per heavy atom. The van der Waals surface area contributed by atoms with Crippen molar-refractivity contribution >= 4 is 29.5 Å². The molecule has 10 heavy (non-hydrogen) atoms. The molecule has 0 aromatic carbocycles. The predicted molar refractivity (Wildman–Crippen MR) is 37.1 cm³/mol. The molecule has 0 fully saturated rings. The van der Waals surface area contributed by atoms with E-state index in [0.29, 0.717) is 0 Å². The maximum Gasteiger partial charge on any atom is 0.317 e. The Hall–Kier alpha value is -0.960. The average molecular weight is 158 g/mol. The second-order valence-corrected chi connectivity index (χ2v) is 2.27. The lowest BCUT2D eigenvalue weighted by Gasteiger charge is -2.01. The van der Waals surface area contributed by atoms with Crippen LogP contribution in [0.25, 0.3) is 0 Å². The van der Waals surface area contributed by atoms with E-state index in [0.717, 1.165) is 0 Å². The van der Waals surface area contributed by atoms with E-state index in [4.69, 9.17) is 11.6 Å². The molecular weight excluding hydrogens is 154 g/mol. The lowest BCUT2D eigenvalue weighted by molar-refractivity contribution is -0.133. The fourth-order valence-corrected chi connectivity index (χ4v) is 0.674. The molecule has 0 unspecified atom stereocenters. The highest BCUT2D eigenvalue weighted by Gasteiger charge is 2.20. The second-order valence-electron chi connectivity index (χ2n) is 1.87. The van der Waals surface area contributed by atoms with E-state index < -0.39 is 11.7 Å². The van der Waals surface area contributed by atoms with Crippen LogP contribution in [0.1, 0.15) is 6.92 Å². The number of carbonyl (C=O) groups excluding carboxylic acids is 2. The highest BCUT2D eigenvalue weighted by Crippen LogP contribution is 2.12. The standard InChI is InChI=1S/C6H4ClNO2/c1-3-4(7)2-8-6(10)5(3)9/h2H,1H3. The first-order valence-corrected chi connectivity index (χ1v) is 3.00. The van der Waals surface area contributed by atoms with Crippen LogP contribution in [0.2, 0.25) is 0 Å². The molecule has 0 aromatic rings. The molecule has 0 saturated carbocycles. The number of Topliss-reactive ketones (excluding diaryl/α,β-unsaturated/α-hetero) is 1. The molecule has 0 bridgehead atoms. The molecule has 1 heterocycles. The number of amides is 1. The number of ketones is 1. The minimum atomic E-state index is -0.748. The van der Waals surface area contributed by atoms with Crippen LogP contribution in [0.15, 0.2) is 15.6 Å². The lowest BCUT2D eigenvalue weighted by Crippen LogP contribution is -2.17. The second kappa shape index (κ2) is 2.34. The molecule has 0 atom stereocenters. The van der Waals surface area contributed by atoms with Gasteiger partial charge in [0, 0.05) is 5.57 Å². The fraction of sp³-hybridized carbons (Fsp3) is 0.167. The summed E-state index contributed by atoms with van der Waals surface area (Å²) in [6.07, 6.45) is 1.18. The van der Waals surface area contributed by atoms with Crippen molar-refractivity contribution in [2.75, 3.05) is 0 Å². The summed E-state index contributed by atoms with van der Waals surface area (Å²) in [4.78, 5) is 24.5. The van der Waals surface area contributed by atoms with E-state index in [1.165, 1.54) is 13.1 Å². The summed E-state index contributed by atoms with van der Waals surface area (Å²) in [5.41, 5.74) is 0.265. The number of halogens is 1. The summed E-state index contributed by atoms with van der Waals surface area (Å²) < 4.78 is 0. The lowest BCUT2D eigenvalue weighted by atomic mass is 10.1. The molecule has 0 radical (unpaired) electrons. The van der Waals surface area contributed by atoms with Crippen LogP contribution in [0.5, 0.6) is 0 Å². The zero-order valence-electron chi connectivity index (χ0n) is 5.22. The maximum absolute atomic E-state index is 10.7. The van der Waals surface area contributed by atoms with Crippen LogP contribution in [0.4, 0.5) is 0 Å².